The number of aromatic nitrogens is 2. The van der Waals surface area contributed by atoms with Crippen LogP contribution < -0.4 is 4.90 Å². The zero-order chi connectivity index (χ0) is 34.9. The van der Waals surface area contributed by atoms with Crippen LogP contribution in [0.25, 0.3) is 82.1 Å². The van der Waals surface area contributed by atoms with Crippen LogP contribution in [0.15, 0.2) is 193 Å². The minimum atomic E-state index is 0.789. The Morgan fingerprint density at radius 3 is 1.87 bits per heavy atom. The van der Waals surface area contributed by atoms with E-state index in [0.717, 1.165) is 50.3 Å². The van der Waals surface area contributed by atoms with Crippen LogP contribution in [0.2, 0.25) is 0 Å². The molecule has 0 N–H and O–H groups in total. The number of hydrogen-bond donors (Lipinski definition) is 0. The fraction of sp³-hybridized carbons (Fsp3) is 0. The largest absolute Gasteiger partial charge is 0.454 e. The maximum Gasteiger partial charge on any atom is 0.153 e. The van der Waals surface area contributed by atoms with E-state index in [9.17, 15) is 0 Å². The Balaban J connectivity index is 1.08. The van der Waals surface area contributed by atoms with Gasteiger partial charge in [0.05, 0.1) is 17.2 Å². The number of benzene rings is 8. The number of rotatable bonds is 5. The van der Waals surface area contributed by atoms with Gasteiger partial charge in [-0.15, -0.1) is 0 Å². The van der Waals surface area contributed by atoms with E-state index < -0.39 is 0 Å². The molecule has 3 aromatic heterocycles. The van der Waals surface area contributed by atoms with Gasteiger partial charge in [-0.3, -0.25) is 4.98 Å². The van der Waals surface area contributed by atoms with Crippen molar-refractivity contribution in [3.63, 3.8) is 0 Å². The lowest BCUT2D eigenvalue weighted by Gasteiger charge is -2.26. The van der Waals surface area contributed by atoms with Gasteiger partial charge in [-0.05, 0) is 105 Å². The molecule has 53 heavy (non-hydrogen) atoms. The summed E-state index contributed by atoms with van der Waals surface area (Å²) in [4.78, 5) is 6.62. The Kier molecular flexibility index (Phi) is 6.52. The molecule has 0 radical (unpaired) electrons. The second kappa shape index (κ2) is 11.7. The number of furan rings is 1. The molecule has 0 amide bonds. The first-order valence-corrected chi connectivity index (χ1v) is 17.9. The van der Waals surface area contributed by atoms with Gasteiger partial charge in [0.1, 0.15) is 5.58 Å². The van der Waals surface area contributed by atoms with E-state index in [1.807, 2.05) is 12.3 Å². The van der Waals surface area contributed by atoms with Gasteiger partial charge in [0, 0.05) is 50.5 Å². The van der Waals surface area contributed by atoms with Crippen LogP contribution in [-0.2, 0) is 0 Å². The van der Waals surface area contributed by atoms with Crippen LogP contribution in [0.4, 0.5) is 17.1 Å². The number of hydrogen-bond acceptors (Lipinski definition) is 3. The van der Waals surface area contributed by atoms with Crippen molar-refractivity contribution in [3.8, 4) is 16.8 Å². The van der Waals surface area contributed by atoms with Gasteiger partial charge in [-0.2, -0.15) is 0 Å². The molecule has 0 aliphatic heterocycles. The van der Waals surface area contributed by atoms with Gasteiger partial charge in [0.15, 0.2) is 5.58 Å². The lowest BCUT2D eigenvalue weighted by atomic mass is 9.96. The van der Waals surface area contributed by atoms with Crippen LogP contribution >= 0.6 is 0 Å². The van der Waals surface area contributed by atoms with Crippen molar-refractivity contribution < 1.29 is 4.42 Å². The molecule has 0 bridgehead atoms. The molecule has 8 aromatic carbocycles. The van der Waals surface area contributed by atoms with Crippen molar-refractivity contribution in [1.82, 2.24) is 9.55 Å². The highest BCUT2D eigenvalue weighted by atomic mass is 16.3. The predicted octanol–water partition coefficient (Wildman–Crippen LogP) is 13.5. The van der Waals surface area contributed by atoms with Crippen molar-refractivity contribution in [2.24, 2.45) is 0 Å². The third-order valence-corrected chi connectivity index (χ3v) is 10.6. The van der Waals surface area contributed by atoms with Gasteiger partial charge in [0.25, 0.3) is 0 Å². The summed E-state index contributed by atoms with van der Waals surface area (Å²) in [6.07, 6.45) is 3.61. The first-order chi connectivity index (χ1) is 26.3. The zero-order valence-electron chi connectivity index (χ0n) is 28.6. The maximum absolute atomic E-state index is 6.16. The Bertz CT molecular complexity index is 3140. The molecule has 0 saturated carbocycles. The lowest BCUT2D eigenvalue weighted by molar-refractivity contribution is 0.667. The maximum atomic E-state index is 6.16. The Morgan fingerprint density at radius 2 is 1.08 bits per heavy atom. The third-order valence-electron chi connectivity index (χ3n) is 10.6. The van der Waals surface area contributed by atoms with Gasteiger partial charge < -0.3 is 13.9 Å². The molecule has 11 aromatic rings. The molecular formula is C49H31N3O. The van der Waals surface area contributed by atoms with Gasteiger partial charge in [0.2, 0.25) is 0 Å². The summed E-state index contributed by atoms with van der Waals surface area (Å²) in [6, 6.07) is 63.5. The minimum Gasteiger partial charge on any atom is -0.454 e. The fourth-order valence-electron chi connectivity index (χ4n) is 8.18. The Hall–Kier alpha value is -7.17. The van der Waals surface area contributed by atoms with Crippen LogP contribution in [0, 0.1) is 0 Å². The van der Waals surface area contributed by atoms with Crippen molar-refractivity contribution in [3.05, 3.63) is 188 Å². The molecule has 0 atom stereocenters. The first-order valence-electron chi connectivity index (χ1n) is 17.9. The predicted molar refractivity (Wildman–Crippen MR) is 221 cm³/mol. The van der Waals surface area contributed by atoms with E-state index in [-0.39, 0.29) is 0 Å². The molecule has 0 unspecified atom stereocenters. The van der Waals surface area contributed by atoms with Crippen molar-refractivity contribution in [1.29, 1.82) is 0 Å². The molecule has 3 heterocycles. The number of para-hydroxylation sites is 2. The number of fused-ring (bicyclic) bond motifs is 8. The monoisotopic (exact) mass is 677 g/mol. The average molecular weight is 678 g/mol. The zero-order valence-corrected chi connectivity index (χ0v) is 28.6. The summed E-state index contributed by atoms with van der Waals surface area (Å²) >= 11 is 0. The Morgan fingerprint density at radius 1 is 0.434 bits per heavy atom. The smallest absolute Gasteiger partial charge is 0.153 e. The second-order valence-electron chi connectivity index (χ2n) is 13.7. The lowest BCUT2D eigenvalue weighted by Crippen LogP contribution is -2.09. The second-order valence-corrected chi connectivity index (χ2v) is 13.7. The topological polar surface area (TPSA) is 34.2 Å². The molecular weight excluding hydrogens is 647 g/mol. The van der Waals surface area contributed by atoms with E-state index in [4.69, 9.17) is 4.42 Å². The fourth-order valence-corrected chi connectivity index (χ4v) is 8.18. The van der Waals surface area contributed by atoms with E-state index in [0.29, 0.717) is 0 Å². The van der Waals surface area contributed by atoms with Crippen LogP contribution in [0.1, 0.15) is 0 Å². The number of pyridine rings is 1. The normalized spacial score (nSPS) is 11.8. The number of nitrogens with zero attached hydrogens (tertiary/aromatic N) is 3. The van der Waals surface area contributed by atoms with E-state index in [1.54, 1.807) is 6.20 Å². The van der Waals surface area contributed by atoms with Gasteiger partial charge in [-0.25, -0.2) is 0 Å². The van der Waals surface area contributed by atoms with Crippen LogP contribution in [-0.4, -0.2) is 9.55 Å². The standard InChI is InChI=1S/C49H31N3O/c1-2-10-34-27-37(22-17-32(34)9-1)51(38-23-24-48-45(29-38)43-25-26-50-31-49(43)53-48)36-20-18-33(19-21-36)44-30-39(28-35-11-3-4-12-40(35)44)52-46-15-7-5-13-41(46)42-14-6-8-16-47(42)52/h1-31H. The highest BCUT2D eigenvalue weighted by Crippen LogP contribution is 2.41. The first kappa shape index (κ1) is 29.5. The molecule has 4 heteroatoms. The molecule has 0 spiro atoms. The summed E-state index contributed by atoms with van der Waals surface area (Å²) in [5.74, 6) is 0. The molecule has 248 valence electrons. The summed E-state index contributed by atoms with van der Waals surface area (Å²) in [7, 11) is 0. The molecule has 0 aliphatic carbocycles. The summed E-state index contributed by atoms with van der Waals surface area (Å²) in [6.45, 7) is 0. The molecule has 4 nitrogen and oxygen atoms in total. The Labute approximate surface area is 305 Å². The number of anilines is 3. The minimum absolute atomic E-state index is 0.789. The van der Waals surface area contributed by atoms with E-state index in [1.165, 1.54) is 48.9 Å². The summed E-state index contributed by atoms with van der Waals surface area (Å²) < 4.78 is 8.56. The van der Waals surface area contributed by atoms with Crippen molar-refractivity contribution >= 4 is 82.4 Å². The molecule has 0 saturated heterocycles. The van der Waals surface area contributed by atoms with Gasteiger partial charge in [-0.1, -0.05) is 103 Å². The highest BCUT2D eigenvalue weighted by molar-refractivity contribution is 6.10. The third kappa shape index (κ3) is 4.73. The van der Waals surface area contributed by atoms with Gasteiger partial charge >= 0.3 is 0 Å². The highest BCUT2D eigenvalue weighted by Gasteiger charge is 2.18. The van der Waals surface area contributed by atoms with E-state index >= 15 is 0 Å². The molecule has 11 rings (SSSR count). The average Bonchev–Trinajstić information content (AvgIpc) is 3.76. The van der Waals surface area contributed by atoms with Crippen molar-refractivity contribution in [2.75, 3.05) is 4.90 Å². The van der Waals surface area contributed by atoms with Crippen LogP contribution in [0.3, 0.4) is 0 Å². The molecule has 0 fully saturated rings. The SMILES string of the molecule is c1ccc2cc(N(c3ccc(-c4cc(-n5c6ccccc6c6ccccc65)cc5ccccc45)cc3)c3ccc4oc5cnccc5c4c3)ccc2c1. The quantitative estimate of drug-likeness (QED) is 0.182. The summed E-state index contributed by atoms with van der Waals surface area (Å²) in [5.41, 5.74) is 10.8. The summed E-state index contributed by atoms with van der Waals surface area (Å²) in [5, 5.41) is 9.48. The molecule has 0 aliphatic rings. The van der Waals surface area contributed by atoms with Crippen LogP contribution in [0.5, 0.6) is 0 Å². The van der Waals surface area contributed by atoms with Crippen molar-refractivity contribution in [2.45, 2.75) is 0 Å². The van der Waals surface area contributed by atoms with E-state index in [2.05, 4.69) is 184 Å².